The van der Waals surface area contributed by atoms with Crippen molar-refractivity contribution >= 4 is 0 Å². The number of aromatic amines is 1. The van der Waals surface area contributed by atoms with E-state index < -0.39 is 0 Å². The molecule has 0 saturated heterocycles. The van der Waals surface area contributed by atoms with Crippen molar-refractivity contribution < 1.29 is 4.74 Å². The van der Waals surface area contributed by atoms with Crippen LogP contribution in [0.2, 0.25) is 0 Å². The standard InChI is InChI=1S/C13H17N3O/c1-3-17-12-6-4-5-10(7-12)13-15-9-11(16-13)8-14-2/h4-7,9,14H,3,8H2,1-2H3,(H,15,16). The predicted molar refractivity (Wildman–Crippen MR) is 68.0 cm³/mol. The Balaban J connectivity index is 2.22. The quantitative estimate of drug-likeness (QED) is 0.829. The summed E-state index contributed by atoms with van der Waals surface area (Å²) in [6.07, 6.45) is 1.85. The first-order valence-corrected chi connectivity index (χ1v) is 5.75. The van der Waals surface area contributed by atoms with Crippen LogP contribution < -0.4 is 10.1 Å². The maximum atomic E-state index is 5.47. The normalized spacial score (nSPS) is 10.5. The zero-order valence-corrected chi connectivity index (χ0v) is 10.2. The fourth-order valence-electron chi connectivity index (χ4n) is 1.69. The number of hydrogen-bond acceptors (Lipinski definition) is 3. The Morgan fingerprint density at radius 3 is 3.06 bits per heavy atom. The van der Waals surface area contributed by atoms with Gasteiger partial charge in [-0.05, 0) is 26.1 Å². The molecule has 1 heterocycles. The van der Waals surface area contributed by atoms with Gasteiger partial charge in [0.25, 0.3) is 0 Å². The Bertz CT molecular complexity index is 479. The molecule has 0 aliphatic carbocycles. The smallest absolute Gasteiger partial charge is 0.137 e. The molecule has 4 heteroatoms. The zero-order chi connectivity index (χ0) is 12.1. The molecule has 2 N–H and O–H groups in total. The Kier molecular flexibility index (Phi) is 3.77. The van der Waals surface area contributed by atoms with Crippen LogP contribution in [0.5, 0.6) is 5.75 Å². The van der Waals surface area contributed by atoms with Crippen LogP contribution in [-0.2, 0) is 6.54 Å². The molecule has 17 heavy (non-hydrogen) atoms. The molecule has 2 rings (SSSR count). The summed E-state index contributed by atoms with van der Waals surface area (Å²) >= 11 is 0. The minimum absolute atomic E-state index is 0.673. The largest absolute Gasteiger partial charge is 0.494 e. The number of aromatic nitrogens is 2. The Labute approximate surface area is 101 Å². The van der Waals surface area contributed by atoms with Gasteiger partial charge in [-0.1, -0.05) is 12.1 Å². The first-order valence-electron chi connectivity index (χ1n) is 5.75. The van der Waals surface area contributed by atoms with Crippen molar-refractivity contribution in [2.45, 2.75) is 13.5 Å². The summed E-state index contributed by atoms with van der Waals surface area (Å²) in [6, 6.07) is 7.93. The first kappa shape index (κ1) is 11.7. The second-order valence-electron chi connectivity index (χ2n) is 3.75. The van der Waals surface area contributed by atoms with Gasteiger partial charge in [-0.25, -0.2) is 4.98 Å². The number of hydrogen-bond donors (Lipinski definition) is 2. The van der Waals surface area contributed by atoms with Crippen molar-refractivity contribution in [3.63, 3.8) is 0 Å². The van der Waals surface area contributed by atoms with Crippen LogP contribution in [-0.4, -0.2) is 23.6 Å². The molecule has 0 bridgehead atoms. The topological polar surface area (TPSA) is 49.9 Å². The van der Waals surface area contributed by atoms with E-state index in [1.165, 1.54) is 0 Å². The molecule has 0 amide bonds. The van der Waals surface area contributed by atoms with Crippen molar-refractivity contribution in [1.82, 2.24) is 15.3 Å². The SMILES string of the molecule is CCOc1cccc(-c2ncc(CNC)[nH]2)c1. The number of rotatable bonds is 5. The van der Waals surface area contributed by atoms with E-state index in [9.17, 15) is 0 Å². The fraction of sp³-hybridized carbons (Fsp3) is 0.308. The van der Waals surface area contributed by atoms with E-state index in [2.05, 4.69) is 15.3 Å². The number of H-pyrrole nitrogens is 1. The molecule has 0 unspecified atom stereocenters. The fourth-order valence-corrected chi connectivity index (χ4v) is 1.69. The molecule has 0 fully saturated rings. The van der Waals surface area contributed by atoms with Gasteiger partial charge >= 0.3 is 0 Å². The van der Waals surface area contributed by atoms with Crippen LogP contribution in [0, 0.1) is 0 Å². The van der Waals surface area contributed by atoms with Crippen molar-refractivity contribution in [1.29, 1.82) is 0 Å². The second-order valence-corrected chi connectivity index (χ2v) is 3.75. The summed E-state index contributed by atoms with van der Waals surface area (Å²) < 4.78 is 5.47. The molecule has 2 aromatic rings. The summed E-state index contributed by atoms with van der Waals surface area (Å²) in [6.45, 7) is 3.44. The summed E-state index contributed by atoms with van der Waals surface area (Å²) in [7, 11) is 1.91. The van der Waals surface area contributed by atoms with Crippen LogP contribution in [0.4, 0.5) is 0 Å². The third-order valence-electron chi connectivity index (χ3n) is 2.41. The zero-order valence-electron chi connectivity index (χ0n) is 10.2. The van der Waals surface area contributed by atoms with Crippen molar-refractivity contribution in [3.8, 4) is 17.1 Å². The van der Waals surface area contributed by atoms with Gasteiger partial charge in [0.2, 0.25) is 0 Å². The Morgan fingerprint density at radius 1 is 1.41 bits per heavy atom. The number of nitrogens with zero attached hydrogens (tertiary/aromatic N) is 1. The van der Waals surface area contributed by atoms with Gasteiger partial charge in [-0.15, -0.1) is 0 Å². The molecule has 0 aliphatic heterocycles. The van der Waals surface area contributed by atoms with Crippen LogP contribution >= 0.6 is 0 Å². The Hall–Kier alpha value is -1.81. The highest BCUT2D eigenvalue weighted by Gasteiger charge is 2.04. The lowest BCUT2D eigenvalue weighted by atomic mass is 10.2. The third-order valence-corrected chi connectivity index (χ3v) is 2.41. The number of ether oxygens (including phenoxy) is 1. The molecule has 1 aromatic heterocycles. The van der Waals surface area contributed by atoms with E-state index in [1.54, 1.807) is 0 Å². The molecule has 1 aromatic carbocycles. The lowest BCUT2D eigenvalue weighted by Crippen LogP contribution is -2.04. The van der Waals surface area contributed by atoms with Gasteiger partial charge in [0.05, 0.1) is 6.61 Å². The van der Waals surface area contributed by atoms with Crippen molar-refractivity contribution in [2.24, 2.45) is 0 Å². The summed E-state index contributed by atoms with van der Waals surface area (Å²) in [5, 5.41) is 3.08. The minimum Gasteiger partial charge on any atom is -0.494 e. The number of nitrogens with one attached hydrogen (secondary N) is 2. The van der Waals surface area contributed by atoms with Crippen LogP contribution in [0.15, 0.2) is 30.5 Å². The molecule has 0 spiro atoms. The van der Waals surface area contributed by atoms with Gasteiger partial charge < -0.3 is 15.0 Å². The monoisotopic (exact) mass is 231 g/mol. The number of imidazole rings is 1. The lowest BCUT2D eigenvalue weighted by molar-refractivity contribution is 0.340. The van der Waals surface area contributed by atoms with E-state index in [-0.39, 0.29) is 0 Å². The Morgan fingerprint density at radius 2 is 2.29 bits per heavy atom. The van der Waals surface area contributed by atoms with Crippen LogP contribution in [0.3, 0.4) is 0 Å². The molecule has 4 nitrogen and oxygen atoms in total. The molecule has 0 atom stereocenters. The molecule has 0 radical (unpaired) electrons. The average Bonchev–Trinajstić information content (AvgIpc) is 2.79. The molecular formula is C13H17N3O. The van der Waals surface area contributed by atoms with Crippen molar-refractivity contribution in [2.75, 3.05) is 13.7 Å². The summed E-state index contributed by atoms with van der Waals surface area (Å²) in [4.78, 5) is 7.63. The molecular weight excluding hydrogens is 214 g/mol. The van der Waals surface area contributed by atoms with Gasteiger partial charge in [0, 0.05) is 24.0 Å². The van der Waals surface area contributed by atoms with Gasteiger partial charge in [0.15, 0.2) is 0 Å². The molecule has 0 saturated carbocycles. The highest BCUT2D eigenvalue weighted by molar-refractivity contribution is 5.57. The van der Waals surface area contributed by atoms with Crippen LogP contribution in [0.1, 0.15) is 12.6 Å². The summed E-state index contributed by atoms with van der Waals surface area (Å²) in [5.74, 6) is 1.74. The van der Waals surface area contributed by atoms with E-state index in [0.29, 0.717) is 6.61 Å². The van der Waals surface area contributed by atoms with Gasteiger partial charge in [-0.2, -0.15) is 0 Å². The third kappa shape index (κ3) is 2.85. The molecule has 90 valence electrons. The van der Waals surface area contributed by atoms with E-state index >= 15 is 0 Å². The second kappa shape index (κ2) is 5.50. The number of benzene rings is 1. The van der Waals surface area contributed by atoms with Crippen LogP contribution in [0.25, 0.3) is 11.4 Å². The molecule has 0 aliphatic rings. The highest BCUT2D eigenvalue weighted by atomic mass is 16.5. The van der Waals surface area contributed by atoms with E-state index in [4.69, 9.17) is 4.74 Å². The predicted octanol–water partition coefficient (Wildman–Crippen LogP) is 2.19. The average molecular weight is 231 g/mol. The lowest BCUT2D eigenvalue weighted by Gasteiger charge is -2.04. The van der Waals surface area contributed by atoms with Gasteiger partial charge in [0.1, 0.15) is 11.6 Å². The first-order chi connectivity index (χ1) is 8.33. The van der Waals surface area contributed by atoms with E-state index in [1.807, 2.05) is 44.4 Å². The summed E-state index contributed by atoms with van der Waals surface area (Å²) in [5.41, 5.74) is 2.11. The highest BCUT2D eigenvalue weighted by Crippen LogP contribution is 2.21. The maximum Gasteiger partial charge on any atom is 0.137 e. The maximum absolute atomic E-state index is 5.47. The van der Waals surface area contributed by atoms with Crippen molar-refractivity contribution in [3.05, 3.63) is 36.2 Å². The van der Waals surface area contributed by atoms with E-state index in [0.717, 1.165) is 29.4 Å². The minimum atomic E-state index is 0.673. The van der Waals surface area contributed by atoms with Gasteiger partial charge in [-0.3, -0.25) is 0 Å².